The summed E-state index contributed by atoms with van der Waals surface area (Å²) in [6, 6.07) is 8.47. The van der Waals surface area contributed by atoms with Gasteiger partial charge in [-0.3, -0.25) is 15.0 Å². The predicted molar refractivity (Wildman–Crippen MR) is 127 cm³/mol. The molecule has 0 saturated carbocycles. The summed E-state index contributed by atoms with van der Waals surface area (Å²) < 4.78 is 5.75. The molecule has 1 fully saturated rings. The Balaban J connectivity index is 1.74. The van der Waals surface area contributed by atoms with Crippen molar-refractivity contribution in [1.29, 1.82) is 0 Å². The predicted octanol–water partition coefficient (Wildman–Crippen LogP) is 5.90. The monoisotopic (exact) mass is 495 g/mol. The fourth-order valence-electron chi connectivity index (χ4n) is 3.30. The van der Waals surface area contributed by atoms with Crippen LogP contribution >= 0.6 is 35.0 Å². The molecule has 1 heterocycles. The molecule has 10 heteroatoms. The second kappa shape index (κ2) is 10.1. The fraction of sp³-hybridized carbons (Fsp3) is 0.364. The van der Waals surface area contributed by atoms with Crippen molar-refractivity contribution in [3.63, 3.8) is 0 Å². The molecule has 2 aromatic rings. The number of amides is 2. The van der Waals surface area contributed by atoms with E-state index in [0.29, 0.717) is 27.0 Å². The number of nitroso groups, excluding NO2 is 1. The highest BCUT2D eigenvalue weighted by atomic mass is 35.5. The number of halogens is 2. The zero-order valence-corrected chi connectivity index (χ0v) is 20.3. The number of nitrogens with zero attached hydrogens (tertiary/aromatic N) is 2. The highest BCUT2D eigenvalue weighted by Crippen LogP contribution is 2.43. The summed E-state index contributed by atoms with van der Waals surface area (Å²) >= 11 is 13.5. The minimum Gasteiger partial charge on any atom is -0.483 e. The van der Waals surface area contributed by atoms with Crippen LogP contribution in [0.15, 0.2) is 35.5 Å². The van der Waals surface area contributed by atoms with E-state index in [4.69, 9.17) is 27.9 Å². The van der Waals surface area contributed by atoms with Crippen molar-refractivity contribution in [2.75, 3.05) is 6.61 Å². The smallest absolute Gasteiger partial charge is 0.276 e. The van der Waals surface area contributed by atoms with Gasteiger partial charge in [0, 0.05) is 0 Å². The third-order valence-corrected chi connectivity index (χ3v) is 7.12. The topological polar surface area (TPSA) is 88.1 Å². The Morgan fingerprint density at radius 3 is 2.59 bits per heavy atom. The molecule has 0 bridgehead atoms. The summed E-state index contributed by atoms with van der Waals surface area (Å²) in [6.07, 6.45) is 0. The van der Waals surface area contributed by atoms with Crippen LogP contribution < -0.4 is 10.2 Å². The lowest BCUT2D eigenvalue weighted by Crippen LogP contribution is -2.47. The van der Waals surface area contributed by atoms with Crippen LogP contribution in [0.3, 0.4) is 0 Å². The first kappa shape index (κ1) is 24.4. The number of nitrogens with one attached hydrogen (secondary N) is 1. The lowest BCUT2D eigenvalue weighted by Gasteiger charge is -2.25. The SMILES string of the molecule is Cc1cc(OCC(=O)NN2C(=O)C(C)SC2c2ccc(Cl)c(Cl)c2)c(C(C)C)cc1N=O. The molecule has 2 atom stereocenters. The molecule has 0 spiro atoms. The van der Waals surface area contributed by atoms with Crippen molar-refractivity contribution in [1.82, 2.24) is 10.4 Å². The number of hydrazine groups is 1. The first-order valence-corrected chi connectivity index (χ1v) is 11.7. The van der Waals surface area contributed by atoms with E-state index in [1.807, 2.05) is 13.8 Å². The van der Waals surface area contributed by atoms with Gasteiger partial charge in [0.2, 0.25) is 0 Å². The Labute approximate surface area is 200 Å². The maximum atomic E-state index is 12.7. The highest BCUT2D eigenvalue weighted by Gasteiger charge is 2.40. The second-order valence-electron chi connectivity index (χ2n) is 7.76. The van der Waals surface area contributed by atoms with E-state index in [0.717, 1.165) is 11.1 Å². The van der Waals surface area contributed by atoms with Crippen LogP contribution in [0.2, 0.25) is 10.0 Å². The van der Waals surface area contributed by atoms with Crippen LogP contribution in [0.25, 0.3) is 0 Å². The van der Waals surface area contributed by atoms with Gasteiger partial charge in [-0.2, -0.15) is 0 Å². The van der Waals surface area contributed by atoms with Gasteiger partial charge in [0.15, 0.2) is 6.61 Å². The molecular weight excluding hydrogens is 473 g/mol. The lowest BCUT2D eigenvalue weighted by molar-refractivity contribution is -0.141. The molecule has 1 aliphatic rings. The molecule has 0 aromatic heterocycles. The number of carbonyl (C=O) groups excluding carboxylic acids is 2. The molecule has 2 aromatic carbocycles. The molecule has 0 aliphatic carbocycles. The van der Waals surface area contributed by atoms with Crippen molar-refractivity contribution in [3.8, 4) is 5.75 Å². The van der Waals surface area contributed by atoms with E-state index in [1.165, 1.54) is 16.8 Å². The van der Waals surface area contributed by atoms with Gasteiger partial charge in [0.1, 0.15) is 16.8 Å². The quantitative estimate of drug-likeness (QED) is 0.483. The van der Waals surface area contributed by atoms with Crippen LogP contribution in [0, 0.1) is 11.8 Å². The number of benzene rings is 2. The van der Waals surface area contributed by atoms with Gasteiger partial charge in [-0.15, -0.1) is 16.7 Å². The molecule has 170 valence electrons. The average Bonchev–Trinajstić information content (AvgIpc) is 3.02. The van der Waals surface area contributed by atoms with Gasteiger partial charge in [0.25, 0.3) is 11.8 Å². The van der Waals surface area contributed by atoms with Crippen LogP contribution in [-0.4, -0.2) is 28.7 Å². The molecule has 0 radical (unpaired) electrons. The van der Waals surface area contributed by atoms with E-state index in [1.54, 1.807) is 44.2 Å². The van der Waals surface area contributed by atoms with Gasteiger partial charge in [0.05, 0.1) is 15.3 Å². The highest BCUT2D eigenvalue weighted by molar-refractivity contribution is 8.01. The van der Waals surface area contributed by atoms with Gasteiger partial charge < -0.3 is 4.74 Å². The number of aryl methyl sites for hydroxylation is 1. The number of carbonyl (C=O) groups is 2. The Kier molecular flexibility index (Phi) is 7.69. The molecule has 2 unspecified atom stereocenters. The molecule has 2 amide bonds. The first-order chi connectivity index (χ1) is 15.1. The van der Waals surface area contributed by atoms with Crippen molar-refractivity contribution in [3.05, 3.63) is 62.0 Å². The summed E-state index contributed by atoms with van der Waals surface area (Å²) in [6.45, 7) is 7.13. The molecule has 3 rings (SSSR count). The first-order valence-electron chi connectivity index (χ1n) is 9.96. The zero-order valence-electron chi connectivity index (χ0n) is 18.0. The fourth-order valence-corrected chi connectivity index (χ4v) is 4.81. The summed E-state index contributed by atoms with van der Waals surface area (Å²) in [5.74, 6) is -0.148. The molecular formula is C22H23Cl2N3O4S. The summed E-state index contributed by atoms with van der Waals surface area (Å²) in [4.78, 5) is 36.3. The second-order valence-corrected chi connectivity index (χ2v) is 10.00. The Bertz CT molecular complexity index is 1060. The van der Waals surface area contributed by atoms with Crippen molar-refractivity contribution < 1.29 is 14.3 Å². The van der Waals surface area contributed by atoms with Crippen molar-refractivity contribution in [2.45, 2.75) is 44.2 Å². The van der Waals surface area contributed by atoms with Crippen LogP contribution in [0.4, 0.5) is 5.69 Å². The van der Waals surface area contributed by atoms with Gasteiger partial charge in [-0.1, -0.05) is 43.1 Å². The van der Waals surface area contributed by atoms with Crippen LogP contribution in [0.5, 0.6) is 5.75 Å². The number of hydrogen-bond donors (Lipinski definition) is 1. The number of hydrogen-bond acceptors (Lipinski definition) is 6. The standard InChI is InChI=1S/C22H23Cl2N3O4S/c1-11(2)15-9-18(26-30)12(3)7-19(15)31-10-20(28)25-27-21(29)13(4)32-22(27)14-5-6-16(23)17(24)8-14/h5-9,11,13,22H,10H2,1-4H3,(H,25,28). The maximum absolute atomic E-state index is 12.7. The maximum Gasteiger partial charge on any atom is 0.276 e. The summed E-state index contributed by atoms with van der Waals surface area (Å²) in [5, 5.41) is 4.34. The minimum atomic E-state index is -0.483. The van der Waals surface area contributed by atoms with Crippen LogP contribution in [-0.2, 0) is 9.59 Å². The van der Waals surface area contributed by atoms with Gasteiger partial charge >= 0.3 is 0 Å². The molecule has 1 saturated heterocycles. The van der Waals surface area contributed by atoms with Crippen molar-refractivity contribution in [2.24, 2.45) is 5.18 Å². The number of thioether (sulfide) groups is 1. The normalized spacial score (nSPS) is 18.2. The third kappa shape index (κ3) is 5.19. The molecule has 32 heavy (non-hydrogen) atoms. The summed E-state index contributed by atoms with van der Waals surface area (Å²) in [5.41, 5.74) is 5.16. The molecule has 1 aliphatic heterocycles. The largest absolute Gasteiger partial charge is 0.483 e. The Morgan fingerprint density at radius 2 is 1.97 bits per heavy atom. The third-order valence-electron chi connectivity index (χ3n) is 5.03. The zero-order chi connectivity index (χ0) is 23.6. The van der Waals surface area contributed by atoms with Crippen molar-refractivity contribution >= 4 is 52.5 Å². The summed E-state index contributed by atoms with van der Waals surface area (Å²) in [7, 11) is 0. The van der Waals surface area contributed by atoms with Crippen LogP contribution in [0.1, 0.15) is 48.8 Å². The van der Waals surface area contributed by atoms with E-state index < -0.39 is 11.3 Å². The van der Waals surface area contributed by atoms with Gasteiger partial charge in [-0.25, -0.2) is 5.01 Å². The van der Waals surface area contributed by atoms with E-state index in [2.05, 4.69) is 10.6 Å². The Morgan fingerprint density at radius 1 is 1.25 bits per heavy atom. The number of rotatable bonds is 7. The number of ether oxygens (including phenoxy) is 1. The molecule has 1 N–H and O–H groups in total. The van der Waals surface area contributed by atoms with E-state index >= 15 is 0 Å². The van der Waals surface area contributed by atoms with E-state index in [9.17, 15) is 14.5 Å². The average molecular weight is 496 g/mol. The Hall–Kier alpha value is -2.29. The lowest BCUT2D eigenvalue weighted by atomic mass is 9.99. The van der Waals surface area contributed by atoms with Gasteiger partial charge in [-0.05, 0) is 65.9 Å². The van der Waals surface area contributed by atoms with E-state index in [-0.39, 0.29) is 23.7 Å². The minimum absolute atomic E-state index is 0.0607. The molecule has 7 nitrogen and oxygen atoms in total.